The number of carbonyl (C=O) groups excluding carboxylic acids is 1. The zero-order valence-electron chi connectivity index (χ0n) is 10.1. The molecule has 2 aromatic heterocycles. The van der Waals surface area contributed by atoms with Crippen molar-refractivity contribution >= 4 is 16.9 Å². The van der Waals surface area contributed by atoms with Gasteiger partial charge in [-0.05, 0) is 6.07 Å². The van der Waals surface area contributed by atoms with Gasteiger partial charge in [-0.1, -0.05) is 0 Å². The summed E-state index contributed by atoms with van der Waals surface area (Å²) in [6.45, 7) is 0. The summed E-state index contributed by atoms with van der Waals surface area (Å²) in [5.74, 6) is -0.632. The summed E-state index contributed by atoms with van der Waals surface area (Å²) in [5, 5.41) is 0.245. The molecule has 0 saturated heterocycles. The molecule has 0 aromatic carbocycles. The fourth-order valence-corrected chi connectivity index (χ4v) is 1.70. The molecule has 0 aliphatic carbocycles. The van der Waals surface area contributed by atoms with Crippen LogP contribution in [0.5, 0.6) is 0 Å². The van der Waals surface area contributed by atoms with E-state index in [2.05, 4.69) is 9.72 Å². The number of ether oxygens (including phenoxy) is 1. The average Bonchev–Trinajstić information content (AvgIpc) is 2.41. The van der Waals surface area contributed by atoms with Gasteiger partial charge in [0.2, 0.25) is 0 Å². The van der Waals surface area contributed by atoms with Crippen LogP contribution in [-0.2, 0) is 18.8 Å². The number of esters is 1. The Kier molecular flexibility index (Phi) is 2.74. The number of fused-ring (bicyclic) bond motifs is 1. The molecule has 0 saturated carbocycles. The van der Waals surface area contributed by atoms with E-state index in [0.29, 0.717) is 5.52 Å². The molecule has 0 unspecified atom stereocenters. The maximum absolute atomic E-state index is 11.9. The average molecular weight is 249 g/mol. The Bertz CT molecular complexity index is 757. The summed E-state index contributed by atoms with van der Waals surface area (Å²) in [6, 6.07) is 1.32. The molecule has 0 N–H and O–H groups in total. The zero-order valence-corrected chi connectivity index (χ0v) is 10.1. The van der Waals surface area contributed by atoms with Crippen LogP contribution in [-0.4, -0.2) is 27.2 Å². The van der Waals surface area contributed by atoms with Gasteiger partial charge in [-0.15, -0.1) is 0 Å². The first-order chi connectivity index (χ1) is 8.47. The van der Waals surface area contributed by atoms with Crippen molar-refractivity contribution in [3.8, 4) is 0 Å². The molecule has 0 aliphatic rings. The number of nitrogens with zero attached hydrogens (tertiary/aromatic N) is 3. The fourth-order valence-electron chi connectivity index (χ4n) is 1.70. The van der Waals surface area contributed by atoms with Gasteiger partial charge in [-0.3, -0.25) is 13.9 Å². The van der Waals surface area contributed by atoms with Gasteiger partial charge in [-0.2, -0.15) is 0 Å². The van der Waals surface area contributed by atoms with Crippen LogP contribution in [0.3, 0.4) is 0 Å². The second-order valence-corrected chi connectivity index (χ2v) is 3.78. The van der Waals surface area contributed by atoms with Crippen molar-refractivity contribution in [3.05, 3.63) is 38.8 Å². The predicted octanol–water partition coefficient (Wildman–Crippen LogP) is -0.581. The first kappa shape index (κ1) is 12.0. The van der Waals surface area contributed by atoms with Crippen LogP contribution in [0.15, 0.2) is 21.9 Å². The molecule has 2 heterocycles. The van der Waals surface area contributed by atoms with Gasteiger partial charge in [0.15, 0.2) is 0 Å². The summed E-state index contributed by atoms with van der Waals surface area (Å²) >= 11 is 0. The van der Waals surface area contributed by atoms with E-state index >= 15 is 0 Å². The minimum absolute atomic E-state index is 0.0285. The van der Waals surface area contributed by atoms with E-state index in [1.807, 2.05) is 0 Å². The standard InChI is InChI=1S/C11H11N3O4/c1-13-8-5-12-7(10(16)18-3)4-6(8)9(15)14(2)11(13)17/h4-5H,1-3H3. The monoisotopic (exact) mass is 249 g/mol. The Morgan fingerprint density at radius 2 is 1.94 bits per heavy atom. The number of hydrogen-bond acceptors (Lipinski definition) is 5. The minimum Gasteiger partial charge on any atom is -0.464 e. The highest BCUT2D eigenvalue weighted by Crippen LogP contribution is 2.08. The van der Waals surface area contributed by atoms with Gasteiger partial charge < -0.3 is 4.74 Å². The molecular formula is C11H11N3O4. The molecule has 0 aliphatic heterocycles. The van der Waals surface area contributed by atoms with Crippen molar-refractivity contribution in [2.75, 3.05) is 7.11 Å². The van der Waals surface area contributed by atoms with Gasteiger partial charge in [0.1, 0.15) is 5.69 Å². The van der Waals surface area contributed by atoms with Crippen LogP contribution >= 0.6 is 0 Å². The first-order valence-corrected chi connectivity index (χ1v) is 5.11. The lowest BCUT2D eigenvalue weighted by Gasteiger charge is -2.07. The highest BCUT2D eigenvalue weighted by atomic mass is 16.5. The van der Waals surface area contributed by atoms with Crippen LogP contribution < -0.4 is 11.2 Å². The number of aromatic nitrogens is 3. The Morgan fingerprint density at radius 3 is 2.56 bits per heavy atom. The van der Waals surface area contributed by atoms with Crippen molar-refractivity contribution in [3.63, 3.8) is 0 Å². The lowest BCUT2D eigenvalue weighted by molar-refractivity contribution is 0.0594. The van der Waals surface area contributed by atoms with Gasteiger partial charge in [0.05, 0.1) is 24.2 Å². The molecule has 0 amide bonds. The molecule has 0 fully saturated rings. The van der Waals surface area contributed by atoms with E-state index in [1.54, 1.807) is 0 Å². The van der Waals surface area contributed by atoms with E-state index in [-0.39, 0.29) is 11.1 Å². The van der Waals surface area contributed by atoms with Crippen LogP contribution in [0.2, 0.25) is 0 Å². The molecular weight excluding hydrogens is 238 g/mol. The number of carbonyl (C=O) groups is 1. The third-order valence-corrected chi connectivity index (χ3v) is 2.75. The number of methoxy groups -OCH3 is 1. The minimum atomic E-state index is -0.632. The fraction of sp³-hybridized carbons (Fsp3) is 0.273. The molecule has 7 heteroatoms. The van der Waals surface area contributed by atoms with Gasteiger partial charge in [0, 0.05) is 14.1 Å². The van der Waals surface area contributed by atoms with Crippen LogP contribution in [0.1, 0.15) is 10.5 Å². The van der Waals surface area contributed by atoms with Gasteiger partial charge in [0.25, 0.3) is 5.56 Å². The molecule has 18 heavy (non-hydrogen) atoms. The first-order valence-electron chi connectivity index (χ1n) is 5.11. The summed E-state index contributed by atoms with van der Waals surface area (Å²) in [7, 11) is 4.14. The molecule has 0 radical (unpaired) electrons. The predicted molar refractivity (Wildman–Crippen MR) is 63.6 cm³/mol. The summed E-state index contributed by atoms with van der Waals surface area (Å²) in [5.41, 5.74) is -0.516. The van der Waals surface area contributed by atoms with Crippen LogP contribution in [0.4, 0.5) is 0 Å². The van der Waals surface area contributed by atoms with Crippen molar-refractivity contribution in [2.24, 2.45) is 14.1 Å². The third-order valence-electron chi connectivity index (χ3n) is 2.75. The van der Waals surface area contributed by atoms with Crippen LogP contribution in [0.25, 0.3) is 10.9 Å². The number of aryl methyl sites for hydroxylation is 1. The molecule has 0 spiro atoms. The van der Waals surface area contributed by atoms with E-state index in [4.69, 9.17) is 0 Å². The second-order valence-electron chi connectivity index (χ2n) is 3.78. The molecule has 2 rings (SSSR count). The topological polar surface area (TPSA) is 83.2 Å². The zero-order chi connectivity index (χ0) is 13.4. The van der Waals surface area contributed by atoms with Gasteiger partial charge in [-0.25, -0.2) is 14.6 Å². The summed E-state index contributed by atoms with van der Waals surface area (Å²) in [4.78, 5) is 38.8. The number of pyridine rings is 1. The lowest BCUT2D eigenvalue weighted by atomic mass is 10.2. The number of rotatable bonds is 1. The Labute approximate surface area is 101 Å². The SMILES string of the molecule is COC(=O)c1cc2c(=O)n(C)c(=O)n(C)c2cn1. The Hall–Kier alpha value is -2.44. The second kappa shape index (κ2) is 4.10. The van der Waals surface area contributed by atoms with Crippen LogP contribution in [0, 0.1) is 0 Å². The lowest BCUT2D eigenvalue weighted by Crippen LogP contribution is -2.37. The molecule has 0 atom stereocenters. The van der Waals surface area contributed by atoms with Crippen molar-refractivity contribution < 1.29 is 9.53 Å². The van der Waals surface area contributed by atoms with Crippen molar-refractivity contribution in [2.45, 2.75) is 0 Å². The molecule has 94 valence electrons. The van der Waals surface area contributed by atoms with E-state index in [0.717, 1.165) is 4.57 Å². The van der Waals surface area contributed by atoms with Crippen molar-refractivity contribution in [1.82, 2.24) is 14.1 Å². The molecule has 2 aromatic rings. The smallest absolute Gasteiger partial charge is 0.356 e. The normalized spacial score (nSPS) is 10.6. The van der Waals surface area contributed by atoms with E-state index < -0.39 is 17.2 Å². The third kappa shape index (κ3) is 1.60. The van der Waals surface area contributed by atoms with E-state index in [9.17, 15) is 14.4 Å². The Morgan fingerprint density at radius 1 is 1.28 bits per heavy atom. The maximum Gasteiger partial charge on any atom is 0.356 e. The quantitative estimate of drug-likeness (QED) is 0.631. The molecule has 0 bridgehead atoms. The highest BCUT2D eigenvalue weighted by Gasteiger charge is 2.13. The summed E-state index contributed by atoms with van der Waals surface area (Å²) in [6.07, 6.45) is 1.31. The Balaban J connectivity index is 2.91. The van der Waals surface area contributed by atoms with E-state index in [1.165, 1.54) is 38.0 Å². The van der Waals surface area contributed by atoms with Gasteiger partial charge >= 0.3 is 11.7 Å². The summed E-state index contributed by atoms with van der Waals surface area (Å²) < 4.78 is 6.80. The molecule has 7 nitrogen and oxygen atoms in total. The highest BCUT2D eigenvalue weighted by molar-refractivity contribution is 5.91. The van der Waals surface area contributed by atoms with Crippen molar-refractivity contribution in [1.29, 1.82) is 0 Å². The maximum atomic E-state index is 11.9. The number of hydrogen-bond donors (Lipinski definition) is 0. The largest absolute Gasteiger partial charge is 0.464 e.